The van der Waals surface area contributed by atoms with E-state index in [0.717, 1.165) is 129 Å². The Kier molecular flexibility index (Phi) is 48.5. The van der Waals surface area contributed by atoms with Crippen LogP contribution in [0.3, 0.4) is 0 Å². The molecule has 38 heteroatoms. The number of nitrogens with two attached hydrogens (primary N) is 1. The van der Waals surface area contributed by atoms with E-state index in [-0.39, 0.29) is 28.0 Å². The Morgan fingerprint density at radius 1 is 0.529 bits per heavy atom. The Morgan fingerprint density at radius 3 is 1.39 bits per heavy atom. The smallest absolute Gasteiger partial charge is 0.411 e. The first-order chi connectivity index (χ1) is 66.5. The van der Waals surface area contributed by atoms with Crippen molar-refractivity contribution in [1.29, 1.82) is 5.26 Å². The van der Waals surface area contributed by atoms with Crippen LogP contribution in [-0.4, -0.2) is 164 Å². The monoisotopic (exact) mass is 2030 g/mol. The van der Waals surface area contributed by atoms with Crippen molar-refractivity contribution in [3.63, 3.8) is 0 Å². The lowest BCUT2D eigenvalue weighted by molar-refractivity contribution is 0.167. The Labute approximate surface area is 829 Å². The molecule has 11 aromatic carbocycles. The van der Waals surface area contributed by atoms with Crippen molar-refractivity contribution in [1.82, 2.24) is 18.9 Å². The van der Waals surface area contributed by atoms with E-state index in [0.29, 0.717) is 73.6 Å². The number of urea groups is 1. The molecule has 12 aromatic rings. The van der Waals surface area contributed by atoms with Gasteiger partial charge in [0.05, 0.1) is 70.5 Å². The lowest BCUT2D eigenvalue weighted by atomic mass is 10.1. The van der Waals surface area contributed by atoms with Crippen molar-refractivity contribution in [2.24, 2.45) is 10.3 Å². The molecule has 1 aliphatic heterocycles. The lowest BCUT2D eigenvalue weighted by Gasteiger charge is -2.15. The number of fused-ring (bicyclic) bond motifs is 1. The van der Waals surface area contributed by atoms with Crippen molar-refractivity contribution >= 4 is 113 Å². The number of azide groups is 1. The number of aliphatic hydroxyl groups excluding tert-OH is 1. The molecular weight excluding hydrogens is 1900 g/mol. The van der Waals surface area contributed by atoms with E-state index in [9.17, 15) is 62.0 Å². The molecule has 0 unspecified atom stereocenters. The minimum absolute atomic E-state index is 0.0948. The number of anilines is 5. The van der Waals surface area contributed by atoms with Gasteiger partial charge in [0.1, 0.15) is 47.5 Å². The van der Waals surface area contributed by atoms with Gasteiger partial charge in [0.2, 0.25) is 50.1 Å². The second-order valence-electron chi connectivity index (χ2n) is 32.0. The highest BCUT2D eigenvalue weighted by Crippen LogP contribution is 2.37. The van der Waals surface area contributed by atoms with Crippen molar-refractivity contribution < 1.29 is 80.5 Å². The first-order valence-electron chi connectivity index (χ1n) is 44.7. The summed E-state index contributed by atoms with van der Waals surface area (Å²) in [6.45, 7) is 29.0. The summed E-state index contributed by atoms with van der Waals surface area (Å²) in [5.74, 6) is 3.31. The number of aliphatic hydroxyl groups is 1. The molecule has 1 saturated carbocycles. The number of aromatic nitrogens is 1. The number of alkyl halides is 1. The van der Waals surface area contributed by atoms with Crippen molar-refractivity contribution in [2.75, 3.05) is 110 Å². The number of hydrogen-bond donors (Lipinski definition) is 9. The molecule has 140 heavy (non-hydrogen) atoms. The molecule has 750 valence electrons. The van der Waals surface area contributed by atoms with E-state index in [4.69, 9.17) is 46.0 Å². The number of sulfonamides is 5. The van der Waals surface area contributed by atoms with E-state index in [1.807, 2.05) is 238 Å². The van der Waals surface area contributed by atoms with Crippen molar-refractivity contribution in [2.45, 2.75) is 130 Å². The summed E-state index contributed by atoms with van der Waals surface area (Å²) in [6.07, 6.45) is 1.93. The highest BCUT2D eigenvalue weighted by atomic mass is 35.5. The molecule has 32 nitrogen and oxygen atoms in total. The molecule has 1 aliphatic carbocycles. The van der Waals surface area contributed by atoms with Gasteiger partial charge in [-0.15, -0.1) is 11.6 Å². The van der Waals surface area contributed by atoms with Crippen LogP contribution in [0.25, 0.3) is 32.6 Å². The molecule has 1 atom stereocenters. The molecule has 0 radical (unpaired) electrons. The fourth-order valence-electron chi connectivity index (χ4n) is 12.5. The van der Waals surface area contributed by atoms with E-state index in [1.54, 1.807) is 81.6 Å². The Bertz CT molecular complexity index is 6600. The Morgan fingerprint density at radius 2 is 0.971 bits per heavy atom. The summed E-state index contributed by atoms with van der Waals surface area (Å²) in [5, 5.41) is 36.2. The molecule has 2 heterocycles. The number of likely N-dealkylation sites (tertiary alicyclic amines) is 1. The van der Waals surface area contributed by atoms with Crippen molar-refractivity contribution in [3.8, 4) is 40.3 Å². The van der Waals surface area contributed by atoms with Crippen LogP contribution in [0.5, 0.6) is 23.0 Å². The van der Waals surface area contributed by atoms with Gasteiger partial charge < -0.3 is 44.0 Å². The van der Waals surface area contributed by atoms with Crippen LogP contribution in [0.1, 0.15) is 95.7 Å². The van der Waals surface area contributed by atoms with Gasteiger partial charge in [-0.05, 0) is 260 Å². The second-order valence-corrected chi connectivity index (χ2v) is 41.8. The third kappa shape index (κ3) is 43.5. The summed E-state index contributed by atoms with van der Waals surface area (Å²) in [7, 11) is -13.3. The van der Waals surface area contributed by atoms with Gasteiger partial charge in [0.15, 0.2) is 0 Å². The number of carbonyl (C=O) groups excluding carboxylic acids is 2. The number of hydrogen-bond acceptors (Lipinski definition) is 21. The number of amides is 3. The van der Waals surface area contributed by atoms with Gasteiger partial charge in [-0.2, -0.15) is 5.26 Å². The second kappa shape index (κ2) is 58.7. The third-order valence-corrected chi connectivity index (χ3v) is 27.5. The van der Waals surface area contributed by atoms with E-state index < -0.39 is 61.4 Å². The summed E-state index contributed by atoms with van der Waals surface area (Å²) in [5.41, 5.74) is 24.6. The number of ether oxygens (including phenoxy) is 5. The zero-order valence-corrected chi connectivity index (χ0v) is 86.0. The van der Waals surface area contributed by atoms with Gasteiger partial charge >= 0.3 is 12.1 Å². The molecule has 2 fully saturated rings. The predicted octanol–water partition coefficient (Wildman–Crippen LogP) is 19.5. The van der Waals surface area contributed by atoms with Gasteiger partial charge in [-0.25, -0.2) is 66.3 Å². The fourth-order valence-corrected chi connectivity index (χ4v) is 16.5. The van der Waals surface area contributed by atoms with Crippen LogP contribution < -0.4 is 58.9 Å². The average Bonchev–Trinajstić information content (AvgIpc) is 1.60. The number of nitrogens with zero attached hydrogens (tertiary/aromatic N) is 6. The number of primary sulfonamides is 1. The highest BCUT2D eigenvalue weighted by molar-refractivity contribution is 7.94. The molecule has 3 amide bonds. The normalized spacial score (nSPS) is 12.4. The molecule has 1 saturated heterocycles. The Hall–Kier alpha value is -13.1. The van der Waals surface area contributed by atoms with Gasteiger partial charge in [0.25, 0.3) is 0 Å². The zero-order valence-electron chi connectivity index (χ0n) is 81.2. The zero-order chi connectivity index (χ0) is 103. The maximum Gasteiger partial charge on any atom is 0.411 e. The highest BCUT2D eigenvalue weighted by Gasteiger charge is 2.36. The lowest BCUT2D eigenvalue weighted by Crippen LogP contribution is -2.29. The van der Waals surface area contributed by atoms with Crippen molar-refractivity contribution in [3.05, 3.63) is 327 Å². The summed E-state index contributed by atoms with van der Waals surface area (Å²) < 4.78 is 149. The molecule has 2 aliphatic rings. The van der Waals surface area contributed by atoms with Gasteiger partial charge in [0, 0.05) is 83.1 Å². The first kappa shape index (κ1) is 116. The molecular formula is C102H127ClN14O18S5. The van der Waals surface area contributed by atoms with Crippen LogP contribution in [0.2, 0.25) is 0 Å². The number of carbonyl (C=O) groups is 2. The minimum atomic E-state index is -3.52. The largest absolute Gasteiger partial charge is 0.497 e. The molecule has 0 bridgehead atoms. The van der Waals surface area contributed by atoms with Crippen LogP contribution in [0, 0.1) is 73.6 Å². The summed E-state index contributed by atoms with van der Waals surface area (Å²) in [6, 6.07) is 81.4. The molecule has 14 rings (SSSR count). The maximum absolute atomic E-state index is 12.5. The summed E-state index contributed by atoms with van der Waals surface area (Å²) in [4.78, 5) is 28.8. The van der Waals surface area contributed by atoms with Gasteiger partial charge in [-0.3, -0.25) is 19.7 Å². The summed E-state index contributed by atoms with van der Waals surface area (Å²) >= 11 is 5.22. The van der Waals surface area contributed by atoms with Crippen LogP contribution in [0.4, 0.5) is 38.0 Å². The standard InChI is InChI=1S/C26H24N4O2.C13H19NO2.C11H17NO3S.C10H13NO2S.C10H13NO2.C9H11N3O.C8H10ClNO2S.C8H11NO2S.C7H9NO2S/c1-4-30-24-15-21(32-3)11-12-22(24)23(16-27)25(30)18-8-6-10-20(14-18)29-26(31)28-19-9-5-7-17(2)13-19;1-11-2-4-13(5-3-11)16-9-8-14-7-6-12(15)10-14;1-3-16(13,14)12-8-9-15-11-6-4-10(2)5-7-11;1-8-2-4-9(5-3-8)11-14(12,13)10-6-7-10;1-3-13-10(12)11-9-6-4-5-8(2)7-9;1-8-2-4-9(5-3-8)13-7-6-11-12-10;1-7-2-4-8(5-3-7)10-13(11,12)6-9;1-7-3-5-8(6-4-7)12(10,11)9-2;1-6-2-4-7(5-3-6)11(8,9)10/h5-15H,4H2,1-3H3,(H2,28,29,31);2-5,12,15H,6-10H2,1H3;4-7,12H,3,8-9H2,1-2H3;2-5,10-11H,6-7H2,1H3;4-7H,3H2,1-2H3,(H,11,12);2-5H,6-7H2,1H3;2-5,10H,6H2,1H3;3-6,9H,1-2H3;2-5H,1H3,(H2,8,9,10)/t;12-;;;;;;;/m.0......./s1. The van der Waals surface area contributed by atoms with Crippen LogP contribution in [0.15, 0.2) is 276 Å². The number of rotatable bonds is 30. The molecule has 0 spiro atoms. The number of benzene rings is 11. The number of halogens is 1. The average molecular weight is 2030 g/mol. The van der Waals surface area contributed by atoms with Crippen LogP contribution >= 0.6 is 11.6 Å². The SMILES string of the molecule is CCOC(=O)Nc1cccc(C)c1.CCS(=O)(=O)NCCOc1ccc(C)cc1.CCn1c(-c2cccc(NC(=O)Nc3cccc(C)c3)c2)c(C#N)c2ccc(OC)cc21.CNS(=O)(=O)c1ccc(C)cc1.Cc1ccc(NS(=O)(=O)C2CC2)cc1.Cc1ccc(NS(=O)(=O)CCl)cc1.Cc1ccc(OCCN2CC[C@H](O)C2)cc1.Cc1ccc(OCCN=[N+]=[N-])cc1.Cc1ccc(S(N)(=O)=O)cc1. The number of nitriles is 1. The quantitative estimate of drug-likeness (QED) is 0.00664. The topological polar surface area (TPSA) is 462 Å². The number of aryl methyl sites for hydroxylation is 10. The third-order valence-electron chi connectivity index (χ3n) is 20.2. The minimum Gasteiger partial charge on any atom is -0.497 e. The number of nitrogens with one attached hydrogen (secondary N) is 7. The van der Waals surface area contributed by atoms with Gasteiger partial charge in [-0.1, -0.05) is 165 Å². The van der Waals surface area contributed by atoms with Crippen LogP contribution in [-0.2, 0) is 61.4 Å². The number of methoxy groups -OCH3 is 1. The maximum atomic E-state index is 12.5. The molecule has 1 aromatic heterocycles. The number of β-amino-alcohol motifs (C(OH)–C–C–N with tert-alkyl or cyclic N) is 1. The van der Waals surface area contributed by atoms with E-state index in [2.05, 4.69) is 79.5 Å². The fraction of sp³-hybridized carbons (Fsp3) is 0.304. The molecule has 10 N–H and O–H groups in total. The van der Waals surface area contributed by atoms with E-state index in [1.165, 1.54) is 35.9 Å². The Balaban J connectivity index is 0.000000248. The first-order valence-corrected chi connectivity index (χ1v) is 53.1. The van der Waals surface area contributed by atoms with E-state index >= 15 is 0 Å². The predicted molar refractivity (Wildman–Crippen MR) is 560 cm³/mol.